The van der Waals surface area contributed by atoms with Crippen molar-refractivity contribution in [2.45, 2.75) is 50.3 Å². The fourth-order valence-electron chi connectivity index (χ4n) is 4.82. The number of carbonyl (C=O) groups is 2. The molecule has 6 rings (SSSR count). The van der Waals surface area contributed by atoms with Crippen molar-refractivity contribution in [1.82, 2.24) is 10.6 Å². The summed E-state index contributed by atoms with van der Waals surface area (Å²) in [5, 5.41) is 6.30. The lowest BCUT2D eigenvalue weighted by Gasteiger charge is -2.55. The normalized spacial score (nSPS) is 36.7. The number of hydrogen-bond acceptors (Lipinski definition) is 3. The summed E-state index contributed by atoms with van der Waals surface area (Å²) in [6.45, 7) is 0. The maximum atomic E-state index is 12.5. The molecule has 0 unspecified atom stereocenters. The standard InChI is InChI=1S/C19H22N2O3/c22-17(20-13-7-8-13)15-9-12-6-5-11(15)10-19(12)21-18(23)14-3-1-2-4-16(14)24-19/h1-4,11-13,15H,5-10H2,(H,20,22)(H,21,23)/t11-,12-,15+,19-/m1/s1. The minimum atomic E-state index is -0.620. The number of amides is 2. The van der Waals surface area contributed by atoms with Crippen LogP contribution in [0.2, 0.25) is 0 Å². The van der Waals surface area contributed by atoms with Crippen LogP contribution in [0.4, 0.5) is 0 Å². The molecule has 126 valence electrons. The Morgan fingerprint density at radius 1 is 1.21 bits per heavy atom. The van der Waals surface area contributed by atoms with E-state index in [-0.39, 0.29) is 23.7 Å². The van der Waals surface area contributed by atoms with Gasteiger partial charge >= 0.3 is 0 Å². The van der Waals surface area contributed by atoms with Gasteiger partial charge in [-0.1, -0.05) is 12.1 Å². The number of nitrogens with one attached hydrogen (secondary N) is 2. The van der Waals surface area contributed by atoms with Crippen molar-refractivity contribution in [2.24, 2.45) is 17.8 Å². The Balaban J connectivity index is 1.40. The first-order valence-corrected chi connectivity index (χ1v) is 9.05. The average molecular weight is 326 g/mol. The number of fused-ring (bicyclic) bond motifs is 3. The fourth-order valence-corrected chi connectivity index (χ4v) is 4.82. The predicted molar refractivity (Wildman–Crippen MR) is 87.4 cm³/mol. The largest absolute Gasteiger partial charge is 0.467 e. The van der Waals surface area contributed by atoms with Crippen LogP contribution >= 0.6 is 0 Å². The minimum Gasteiger partial charge on any atom is -0.467 e. The van der Waals surface area contributed by atoms with E-state index in [1.165, 1.54) is 0 Å². The van der Waals surface area contributed by atoms with Gasteiger partial charge in [0.2, 0.25) is 5.91 Å². The van der Waals surface area contributed by atoms with Crippen LogP contribution in [-0.2, 0) is 4.79 Å². The molecule has 5 aliphatic rings. The Labute approximate surface area is 141 Å². The van der Waals surface area contributed by atoms with E-state index in [0.717, 1.165) is 38.5 Å². The van der Waals surface area contributed by atoms with Crippen molar-refractivity contribution >= 4 is 11.8 Å². The fraction of sp³-hybridized carbons (Fsp3) is 0.579. The van der Waals surface area contributed by atoms with Crippen LogP contribution in [0.3, 0.4) is 0 Å². The lowest BCUT2D eigenvalue weighted by molar-refractivity contribution is -0.146. The lowest BCUT2D eigenvalue weighted by Crippen LogP contribution is -2.67. The van der Waals surface area contributed by atoms with Crippen molar-refractivity contribution in [1.29, 1.82) is 0 Å². The average Bonchev–Trinajstić information content (AvgIpc) is 3.39. The van der Waals surface area contributed by atoms with Gasteiger partial charge in [0.05, 0.1) is 5.56 Å². The molecule has 0 aromatic heterocycles. The maximum absolute atomic E-state index is 12.5. The Hall–Kier alpha value is -2.04. The van der Waals surface area contributed by atoms with E-state index in [4.69, 9.17) is 4.74 Å². The molecule has 1 aromatic rings. The third-order valence-electron chi connectivity index (χ3n) is 6.23. The zero-order valence-corrected chi connectivity index (χ0v) is 13.6. The molecule has 0 saturated heterocycles. The Kier molecular flexibility index (Phi) is 2.97. The lowest BCUT2D eigenvalue weighted by atomic mass is 9.60. The van der Waals surface area contributed by atoms with E-state index in [1.54, 1.807) is 6.07 Å². The van der Waals surface area contributed by atoms with Crippen LogP contribution in [0.1, 0.15) is 48.9 Å². The summed E-state index contributed by atoms with van der Waals surface area (Å²) in [6.07, 6.45) is 5.85. The quantitative estimate of drug-likeness (QED) is 0.876. The van der Waals surface area contributed by atoms with E-state index < -0.39 is 5.72 Å². The van der Waals surface area contributed by atoms with Crippen molar-refractivity contribution in [3.63, 3.8) is 0 Å². The van der Waals surface area contributed by atoms with Crippen molar-refractivity contribution in [2.75, 3.05) is 0 Å². The second kappa shape index (κ2) is 4.98. The zero-order valence-electron chi connectivity index (χ0n) is 13.6. The van der Waals surface area contributed by atoms with Gasteiger partial charge in [-0.25, -0.2) is 0 Å². The molecule has 2 amide bonds. The molecule has 1 heterocycles. The van der Waals surface area contributed by atoms with Crippen LogP contribution in [0.15, 0.2) is 24.3 Å². The molecule has 5 heteroatoms. The van der Waals surface area contributed by atoms with E-state index in [2.05, 4.69) is 10.6 Å². The molecule has 1 spiro atoms. The summed E-state index contributed by atoms with van der Waals surface area (Å²) >= 11 is 0. The minimum absolute atomic E-state index is 0.0524. The summed E-state index contributed by atoms with van der Waals surface area (Å²) in [6, 6.07) is 7.83. The van der Waals surface area contributed by atoms with Gasteiger partial charge < -0.3 is 15.4 Å². The van der Waals surface area contributed by atoms with Gasteiger partial charge in [-0.2, -0.15) is 0 Å². The number of ether oxygens (including phenoxy) is 1. The van der Waals surface area contributed by atoms with E-state index in [0.29, 0.717) is 23.3 Å². The molecule has 2 bridgehead atoms. The molecule has 1 aliphatic heterocycles. The van der Waals surface area contributed by atoms with Gasteiger partial charge in [-0.3, -0.25) is 9.59 Å². The van der Waals surface area contributed by atoms with Gasteiger partial charge in [0.1, 0.15) is 5.75 Å². The van der Waals surface area contributed by atoms with Crippen LogP contribution < -0.4 is 15.4 Å². The molecule has 2 N–H and O–H groups in total. The molecule has 4 saturated carbocycles. The monoisotopic (exact) mass is 326 g/mol. The van der Waals surface area contributed by atoms with Crippen LogP contribution in [-0.4, -0.2) is 23.6 Å². The molecular weight excluding hydrogens is 304 g/mol. The topological polar surface area (TPSA) is 67.4 Å². The van der Waals surface area contributed by atoms with Crippen LogP contribution in [0.25, 0.3) is 0 Å². The van der Waals surface area contributed by atoms with Gasteiger partial charge in [0, 0.05) is 24.3 Å². The van der Waals surface area contributed by atoms with E-state index in [9.17, 15) is 9.59 Å². The second-order valence-corrected chi connectivity index (χ2v) is 7.81. The maximum Gasteiger partial charge on any atom is 0.258 e. The molecule has 4 atom stereocenters. The Morgan fingerprint density at radius 2 is 2.04 bits per heavy atom. The highest BCUT2D eigenvalue weighted by molar-refractivity contribution is 5.98. The van der Waals surface area contributed by atoms with Crippen molar-refractivity contribution in [3.8, 4) is 5.75 Å². The van der Waals surface area contributed by atoms with Gasteiger partial charge in [0.15, 0.2) is 5.72 Å². The first-order chi connectivity index (χ1) is 11.6. The van der Waals surface area contributed by atoms with E-state index >= 15 is 0 Å². The molecule has 4 fully saturated rings. The van der Waals surface area contributed by atoms with Crippen molar-refractivity contribution in [3.05, 3.63) is 29.8 Å². The van der Waals surface area contributed by atoms with Crippen molar-refractivity contribution < 1.29 is 14.3 Å². The molecular formula is C19H22N2O3. The first-order valence-electron chi connectivity index (χ1n) is 9.05. The summed E-state index contributed by atoms with van der Waals surface area (Å²) in [4.78, 5) is 25.1. The summed E-state index contributed by atoms with van der Waals surface area (Å²) < 4.78 is 6.32. The summed E-state index contributed by atoms with van der Waals surface area (Å²) in [5.74, 6) is 1.41. The summed E-state index contributed by atoms with van der Waals surface area (Å²) in [5.41, 5.74) is -0.0161. The zero-order chi connectivity index (χ0) is 16.3. The van der Waals surface area contributed by atoms with Crippen LogP contribution in [0, 0.1) is 17.8 Å². The highest BCUT2D eigenvalue weighted by atomic mass is 16.5. The third-order valence-corrected chi connectivity index (χ3v) is 6.23. The highest BCUT2D eigenvalue weighted by Gasteiger charge is 2.57. The van der Waals surface area contributed by atoms with Gasteiger partial charge in [0.25, 0.3) is 5.91 Å². The Bertz CT molecular complexity index is 714. The Morgan fingerprint density at radius 3 is 2.79 bits per heavy atom. The second-order valence-electron chi connectivity index (χ2n) is 7.81. The third kappa shape index (κ3) is 2.14. The highest BCUT2D eigenvalue weighted by Crippen LogP contribution is 2.52. The molecule has 0 radical (unpaired) electrons. The van der Waals surface area contributed by atoms with Gasteiger partial charge in [-0.05, 0) is 50.2 Å². The number of rotatable bonds is 2. The van der Waals surface area contributed by atoms with Crippen LogP contribution in [0.5, 0.6) is 5.75 Å². The predicted octanol–water partition coefficient (Wildman–Crippen LogP) is 2.22. The number of carbonyl (C=O) groups excluding carboxylic acids is 2. The molecule has 24 heavy (non-hydrogen) atoms. The number of para-hydroxylation sites is 1. The summed E-state index contributed by atoms with van der Waals surface area (Å²) in [7, 11) is 0. The molecule has 1 aromatic carbocycles. The molecule has 5 nitrogen and oxygen atoms in total. The number of benzene rings is 1. The number of hydrogen-bond donors (Lipinski definition) is 2. The smallest absolute Gasteiger partial charge is 0.258 e. The van der Waals surface area contributed by atoms with E-state index in [1.807, 2.05) is 18.2 Å². The SMILES string of the molecule is O=C1N[C@]2(C[C@H]3CC[C@@H]2C[C@@H]3C(=O)NC2CC2)Oc2ccccc21. The first kappa shape index (κ1) is 14.3. The molecule has 4 aliphatic carbocycles. The van der Waals surface area contributed by atoms with Gasteiger partial charge in [-0.15, -0.1) is 0 Å².